The molecule has 0 aliphatic rings. The van der Waals surface area contributed by atoms with Gasteiger partial charge < -0.3 is 10.3 Å². The van der Waals surface area contributed by atoms with E-state index in [1.54, 1.807) is 18.6 Å². The van der Waals surface area contributed by atoms with Crippen molar-refractivity contribution in [3.63, 3.8) is 0 Å². The van der Waals surface area contributed by atoms with Crippen molar-refractivity contribution < 1.29 is 0 Å². The highest BCUT2D eigenvalue weighted by atomic mass is 35.5. The van der Waals surface area contributed by atoms with Crippen molar-refractivity contribution in [2.75, 3.05) is 6.54 Å². The number of rotatable bonds is 3. The van der Waals surface area contributed by atoms with Crippen LogP contribution in [0.1, 0.15) is 5.82 Å². The van der Waals surface area contributed by atoms with Gasteiger partial charge in [0.15, 0.2) is 0 Å². The molecule has 2 rings (SSSR count). The average Bonchev–Trinajstić information content (AvgIpc) is 2.67. The molecular formula is C10H11ClN4. The molecule has 0 aliphatic heterocycles. The van der Waals surface area contributed by atoms with E-state index in [9.17, 15) is 0 Å². The molecule has 0 saturated carbocycles. The van der Waals surface area contributed by atoms with Gasteiger partial charge in [0.25, 0.3) is 0 Å². The van der Waals surface area contributed by atoms with Gasteiger partial charge in [-0.25, -0.2) is 4.98 Å². The standard InChI is InChI=1S/C10H11ClN4/c11-8-7-13-4-2-9(8)15-6-5-14-10(15)1-3-12/h2,4-7H,1,3,12H2. The molecule has 2 aromatic heterocycles. The fourth-order valence-electron chi connectivity index (χ4n) is 1.43. The summed E-state index contributed by atoms with van der Waals surface area (Å²) in [7, 11) is 0. The fourth-order valence-corrected chi connectivity index (χ4v) is 1.64. The van der Waals surface area contributed by atoms with Crippen LogP contribution in [-0.4, -0.2) is 21.1 Å². The van der Waals surface area contributed by atoms with E-state index in [0.717, 1.165) is 17.9 Å². The van der Waals surface area contributed by atoms with Gasteiger partial charge in [0, 0.05) is 31.2 Å². The predicted molar refractivity (Wildman–Crippen MR) is 59.1 cm³/mol. The van der Waals surface area contributed by atoms with Gasteiger partial charge in [0.05, 0.1) is 10.7 Å². The lowest BCUT2D eigenvalue weighted by molar-refractivity contribution is 0.836. The van der Waals surface area contributed by atoms with Crippen LogP contribution in [-0.2, 0) is 6.42 Å². The number of pyridine rings is 1. The molecule has 0 radical (unpaired) electrons. The topological polar surface area (TPSA) is 56.7 Å². The molecule has 0 spiro atoms. The largest absolute Gasteiger partial charge is 0.330 e. The molecule has 5 heteroatoms. The predicted octanol–water partition coefficient (Wildman–Crippen LogP) is 1.42. The summed E-state index contributed by atoms with van der Waals surface area (Å²) in [6.07, 6.45) is 7.65. The average molecular weight is 223 g/mol. The quantitative estimate of drug-likeness (QED) is 0.855. The number of nitrogens with zero attached hydrogens (tertiary/aromatic N) is 3. The normalized spacial score (nSPS) is 10.5. The minimum Gasteiger partial charge on any atom is -0.330 e. The highest BCUT2D eigenvalue weighted by Crippen LogP contribution is 2.19. The summed E-state index contributed by atoms with van der Waals surface area (Å²) in [5, 5.41) is 0.605. The van der Waals surface area contributed by atoms with Crippen LogP contribution in [0.25, 0.3) is 5.69 Å². The summed E-state index contributed by atoms with van der Waals surface area (Å²) in [4.78, 5) is 8.17. The van der Waals surface area contributed by atoms with E-state index in [4.69, 9.17) is 17.3 Å². The molecule has 0 fully saturated rings. The van der Waals surface area contributed by atoms with Crippen molar-refractivity contribution in [3.8, 4) is 5.69 Å². The molecule has 15 heavy (non-hydrogen) atoms. The van der Waals surface area contributed by atoms with Crippen LogP contribution in [0.4, 0.5) is 0 Å². The van der Waals surface area contributed by atoms with Crippen LogP contribution < -0.4 is 5.73 Å². The van der Waals surface area contributed by atoms with Gasteiger partial charge in [-0.1, -0.05) is 11.6 Å². The Hall–Kier alpha value is -1.39. The van der Waals surface area contributed by atoms with Crippen LogP contribution in [0.15, 0.2) is 30.9 Å². The van der Waals surface area contributed by atoms with E-state index in [0.29, 0.717) is 11.6 Å². The first-order valence-electron chi connectivity index (χ1n) is 4.65. The lowest BCUT2D eigenvalue weighted by Crippen LogP contribution is -2.08. The first-order valence-corrected chi connectivity index (χ1v) is 5.03. The molecule has 0 saturated heterocycles. The molecule has 0 unspecified atom stereocenters. The van der Waals surface area contributed by atoms with Gasteiger partial charge in [-0.2, -0.15) is 0 Å². The van der Waals surface area contributed by atoms with Crippen molar-refractivity contribution in [3.05, 3.63) is 41.7 Å². The van der Waals surface area contributed by atoms with E-state index in [1.807, 2.05) is 16.8 Å². The molecule has 2 heterocycles. The zero-order valence-corrected chi connectivity index (χ0v) is 8.85. The smallest absolute Gasteiger partial charge is 0.114 e. The van der Waals surface area contributed by atoms with Gasteiger partial charge in [-0.05, 0) is 12.6 Å². The summed E-state index contributed by atoms with van der Waals surface area (Å²) in [6, 6.07) is 1.85. The summed E-state index contributed by atoms with van der Waals surface area (Å²) < 4.78 is 1.93. The number of hydrogen-bond acceptors (Lipinski definition) is 3. The molecular weight excluding hydrogens is 212 g/mol. The Morgan fingerprint density at radius 1 is 1.40 bits per heavy atom. The molecule has 0 aliphatic carbocycles. The molecule has 0 atom stereocenters. The zero-order chi connectivity index (χ0) is 10.7. The van der Waals surface area contributed by atoms with Crippen molar-refractivity contribution in [1.82, 2.24) is 14.5 Å². The Bertz CT molecular complexity index is 452. The Labute approximate surface area is 92.7 Å². The lowest BCUT2D eigenvalue weighted by Gasteiger charge is -2.08. The number of hydrogen-bond donors (Lipinski definition) is 1. The van der Waals surface area contributed by atoms with Gasteiger partial charge in [0.2, 0.25) is 0 Å². The maximum absolute atomic E-state index is 6.05. The second-order valence-corrected chi connectivity index (χ2v) is 3.49. The van der Waals surface area contributed by atoms with E-state index < -0.39 is 0 Å². The third-order valence-corrected chi connectivity index (χ3v) is 2.39. The highest BCUT2D eigenvalue weighted by Gasteiger charge is 2.06. The number of halogens is 1. The van der Waals surface area contributed by atoms with E-state index >= 15 is 0 Å². The highest BCUT2D eigenvalue weighted by molar-refractivity contribution is 6.32. The first-order chi connectivity index (χ1) is 7.33. The molecule has 78 valence electrons. The van der Waals surface area contributed by atoms with Crippen molar-refractivity contribution in [1.29, 1.82) is 0 Å². The number of aromatic nitrogens is 3. The van der Waals surface area contributed by atoms with E-state index in [2.05, 4.69) is 9.97 Å². The number of imidazole rings is 1. The first kappa shape index (κ1) is 10.1. The maximum atomic E-state index is 6.05. The molecule has 2 N–H and O–H groups in total. The van der Waals surface area contributed by atoms with Crippen LogP contribution in [0, 0.1) is 0 Å². The third-order valence-electron chi connectivity index (χ3n) is 2.10. The Balaban J connectivity index is 2.45. The molecule has 0 bridgehead atoms. The van der Waals surface area contributed by atoms with E-state index in [-0.39, 0.29) is 0 Å². The summed E-state index contributed by atoms with van der Waals surface area (Å²) in [5.74, 6) is 0.908. The van der Waals surface area contributed by atoms with Crippen LogP contribution >= 0.6 is 11.6 Å². The van der Waals surface area contributed by atoms with Crippen LogP contribution in [0.3, 0.4) is 0 Å². The number of nitrogens with two attached hydrogens (primary N) is 1. The van der Waals surface area contributed by atoms with Gasteiger partial charge >= 0.3 is 0 Å². The van der Waals surface area contributed by atoms with Crippen molar-refractivity contribution >= 4 is 11.6 Å². The summed E-state index contributed by atoms with van der Waals surface area (Å²) in [6.45, 7) is 0.569. The molecule has 2 aromatic rings. The molecule has 0 aromatic carbocycles. The minimum atomic E-state index is 0.569. The van der Waals surface area contributed by atoms with Crippen molar-refractivity contribution in [2.24, 2.45) is 5.73 Å². The lowest BCUT2D eigenvalue weighted by atomic mass is 10.3. The second-order valence-electron chi connectivity index (χ2n) is 3.08. The van der Waals surface area contributed by atoms with Gasteiger partial charge in [-0.3, -0.25) is 4.98 Å². The Morgan fingerprint density at radius 2 is 2.27 bits per heavy atom. The molecule has 0 amide bonds. The molecule has 4 nitrogen and oxygen atoms in total. The Morgan fingerprint density at radius 3 is 3.00 bits per heavy atom. The zero-order valence-electron chi connectivity index (χ0n) is 8.10. The summed E-state index contributed by atoms with van der Waals surface area (Å²) in [5.41, 5.74) is 6.39. The van der Waals surface area contributed by atoms with Gasteiger partial charge in [0.1, 0.15) is 5.82 Å². The minimum absolute atomic E-state index is 0.569. The van der Waals surface area contributed by atoms with Crippen LogP contribution in [0.2, 0.25) is 5.02 Å². The van der Waals surface area contributed by atoms with E-state index in [1.165, 1.54) is 0 Å². The fraction of sp³-hybridized carbons (Fsp3) is 0.200. The summed E-state index contributed by atoms with van der Waals surface area (Å²) >= 11 is 6.05. The second kappa shape index (κ2) is 4.42. The van der Waals surface area contributed by atoms with Crippen LogP contribution in [0.5, 0.6) is 0 Å². The Kier molecular flexibility index (Phi) is 2.99. The SMILES string of the molecule is NCCc1nccn1-c1ccncc1Cl. The monoisotopic (exact) mass is 222 g/mol. The van der Waals surface area contributed by atoms with Gasteiger partial charge in [-0.15, -0.1) is 0 Å². The maximum Gasteiger partial charge on any atom is 0.114 e. The van der Waals surface area contributed by atoms with Crippen molar-refractivity contribution in [2.45, 2.75) is 6.42 Å². The third kappa shape index (κ3) is 2.00.